The molecule has 0 unspecified atom stereocenters. The fraction of sp³-hybridized carbons (Fsp3) is 0. The van der Waals surface area contributed by atoms with Gasteiger partial charge in [-0.3, -0.25) is 29.8 Å². The number of carbonyl (C=O) groups excluding carboxylic acids is 4. The minimum atomic E-state index is -1.13. The predicted molar refractivity (Wildman–Crippen MR) is 143 cm³/mol. The summed E-state index contributed by atoms with van der Waals surface area (Å²) in [6.45, 7) is 0. The molecule has 0 atom stereocenters. The molecular formula is C30H20N2O9. The van der Waals surface area contributed by atoms with Gasteiger partial charge in [0.25, 0.3) is 23.6 Å². The van der Waals surface area contributed by atoms with Crippen molar-refractivity contribution < 1.29 is 43.7 Å². The van der Waals surface area contributed by atoms with E-state index in [0.29, 0.717) is 0 Å². The van der Waals surface area contributed by atoms with Gasteiger partial charge in [0.2, 0.25) is 0 Å². The molecule has 41 heavy (non-hydrogen) atoms. The number of carboxylic acid groups (broad SMARTS) is 2. The molecule has 0 aliphatic carbocycles. The van der Waals surface area contributed by atoms with Crippen molar-refractivity contribution in [3.05, 3.63) is 130 Å². The largest absolute Gasteiger partial charge is 0.478 e. The zero-order valence-corrected chi connectivity index (χ0v) is 21.0. The molecule has 0 bridgehead atoms. The number of nitrogens with one attached hydrogen (secondary N) is 2. The van der Waals surface area contributed by atoms with Crippen LogP contribution in [0.15, 0.2) is 97.1 Å². The van der Waals surface area contributed by atoms with Crippen LogP contribution in [0, 0.1) is 0 Å². The Bertz CT molecular complexity index is 1560. The monoisotopic (exact) mass is 552 g/mol. The third kappa shape index (κ3) is 6.67. The van der Waals surface area contributed by atoms with Crippen LogP contribution in [0.3, 0.4) is 0 Å². The van der Waals surface area contributed by atoms with E-state index in [9.17, 15) is 28.8 Å². The Hall–Kier alpha value is -6.10. The third-order valence-electron chi connectivity index (χ3n) is 5.69. The fourth-order valence-electron chi connectivity index (χ4n) is 3.72. The standard InChI is InChI=1S/C12H10O.2C9H5NO4/c1-3-7-11(8-4-1)13-12-9-5-2-6-10-12;2*11-7-5-2-1-4(9(13)14)3-6(5)8(12)10-7/h1-10H;2*1-3H,(H,13,14)(H,10,11,12). The summed E-state index contributed by atoms with van der Waals surface area (Å²) in [5.74, 6) is -2.58. The highest BCUT2D eigenvalue weighted by molar-refractivity contribution is 6.22. The Kier molecular flexibility index (Phi) is 8.29. The molecule has 4 amide bonds. The molecule has 0 fully saturated rings. The number of hydrogen-bond donors (Lipinski definition) is 4. The van der Waals surface area contributed by atoms with Gasteiger partial charge in [-0.15, -0.1) is 0 Å². The maximum Gasteiger partial charge on any atom is 0.335 e. The van der Waals surface area contributed by atoms with Gasteiger partial charge in [0, 0.05) is 0 Å². The van der Waals surface area contributed by atoms with E-state index in [1.54, 1.807) is 0 Å². The molecule has 0 saturated heterocycles. The van der Waals surface area contributed by atoms with Crippen molar-refractivity contribution in [3.8, 4) is 11.5 Å². The highest BCUT2D eigenvalue weighted by Crippen LogP contribution is 2.20. The van der Waals surface area contributed by atoms with Crippen molar-refractivity contribution in [2.75, 3.05) is 0 Å². The molecule has 2 aliphatic heterocycles. The average Bonchev–Trinajstić information content (AvgIpc) is 3.43. The van der Waals surface area contributed by atoms with Gasteiger partial charge < -0.3 is 14.9 Å². The maximum atomic E-state index is 11.1. The van der Waals surface area contributed by atoms with E-state index in [-0.39, 0.29) is 33.4 Å². The van der Waals surface area contributed by atoms with E-state index >= 15 is 0 Å². The van der Waals surface area contributed by atoms with Gasteiger partial charge in [-0.2, -0.15) is 0 Å². The lowest BCUT2D eigenvalue weighted by atomic mass is 10.1. The smallest absolute Gasteiger partial charge is 0.335 e. The first-order chi connectivity index (χ1) is 19.6. The molecule has 4 N–H and O–H groups in total. The van der Waals surface area contributed by atoms with Crippen LogP contribution in [0.5, 0.6) is 11.5 Å². The fourth-order valence-corrected chi connectivity index (χ4v) is 3.72. The van der Waals surface area contributed by atoms with Crippen LogP contribution in [0.1, 0.15) is 62.1 Å². The minimum Gasteiger partial charge on any atom is -0.478 e. The van der Waals surface area contributed by atoms with Crippen LogP contribution in [0.25, 0.3) is 0 Å². The zero-order valence-electron chi connectivity index (χ0n) is 21.0. The number of aromatic carboxylic acids is 2. The minimum absolute atomic E-state index is 0.00593. The Labute approximate surface area is 232 Å². The van der Waals surface area contributed by atoms with Crippen molar-refractivity contribution in [1.82, 2.24) is 10.6 Å². The molecule has 2 heterocycles. The summed E-state index contributed by atoms with van der Waals surface area (Å²) in [7, 11) is 0. The zero-order chi connectivity index (χ0) is 29.5. The van der Waals surface area contributed by atoms with E-state index in [1.165, 1.54) is 36.4 Å². The predicted octanol–water partition coefficient (Wildman–Crippen LogP) is 4.02. The summed E-state index contributed by atoms with van der Waals surface area (Å²) < 4.78 is 5.58. The molecule has 4 aromatic carbocycles. The number of rotatable bonds is 4. The molecule has 2 aliphatic rings. The van der Waals surface area contributed by atoms with Gasteiger partial charge in [-0.1, -0.05) is 36.4 Å². The molecular weight excluding hydrogens is 532 g/mol. The van der Waals surface area contributed by atoms with Crippen molar-refractivity contribution in [2.24, 2.45) is 0 Å². The number of ether oxygens (including phenoxy) is 1. The van der Waals surface area contributed by atoms with Gasteiger partial charge in [0.05, 0.1) is 33.4 Å². The quantitative estimate of drug-likeness (QED) is 0.272. The summed E-state index contributed by atoms with van der Waals surface area (Å²) in [5, 5.41) is 21.5. The van der Waals surface area contributed by atoms with Crippen molar-refractivity contribution in [3.63, 3.8) is 0 Å². The summed E-state index contributed by atoms with van der Waals surface area (Å²) in [4.78, 5) is 65.6. The van der Waals surface area contributed by atoms with E-state index in [2.05, 4.69) is 10.6 Å². The lowest BCUT2D eigenvalue weighted by molar-refractivity contribution is 0.0686. The number of hydrogen-bond acceptors (Lipinski definition) is 7. The second kappa shape index (κ2) is 12.2. The van der Waals surface area contributed by atoms with Gasteiger partial charge in [0.1, 0.15) is 11.5 Å². The number of para-hydroxylation sites is 2. The van der Waals surface area contributed by atoms with Crippen LogP contribution in [0.4, 0.5) is 0 Å². The third-order valence-corrected chi connectivity index (χ3v) is 5.69. The normalized spacial score (nSPS) is 12.4. The van der Waals surface area contributed by atoms with Crippen LogP contribution in [-0.2, 0) is 0 Å². The number of carboxylic acids is 2. The molecule has 0 spiro atoms. The Balaban J connectivity index is 0.000000142. The van der Waals surface area contributed by atoms with Crippen LogP contribution in [-0.4, -0.2) is 45.8 Å². The van der Waals surface area contributed by atoms with Gasteiger partial charge >= 0.3 is 11.9 Å². The summed E-state index contributed by atoms with van der Waals surface area (Å²) >= 11 is 0. The van der Waals surface area contributed by atoms with Crippen LogP contribution >= 0.6 is 0 Å². The van der Waals surface area contributed by atoms with E-state index in [1.807, 2.05) is 60.7 Å². The van der Waals surface area contributed by atoms with Gasteiger partial charge in [-0.05, 0) is 60.7 Å². The second-order valence-electron chi connectivity index (χ2n) is 8.43. The lowest BCUT2D eigenvalue weighted by Crippen LogP contribution is -2.19. The SMILES string of the molecule is O=C(O)c1ccc2c(c1)C(=O)NC2=O.O=C(O)c1ccc2c(c1)C(=O)NC2=O.c1ccc(Oc2ccccc2)cc1. The first kappa shape index (κ1) is 27.9. The number of amides is 4. The molecule has 11 heteroatoms. The Morgan fingerprint density at radius 3 is 1.17 bits per heavy atom. The van der Waals surface area contributed by atoms with E-state index < -0.39 is 35.6 Å². The Morgan fingerprint density at radius 2 is 0.829 bits per heavy atom. The van der Waals surface area contributed by atoms with Crippen molar-refractivity contribution >= 4 is 35.6 Å². The van der Waals surface area contributed by atoms with E-state index in [0.717, 1.165) is 11.5 Å². The molecule has 0 radical (unpaired) electrons. The maximum absolute atomic E-state index is 11.1. The molecule has 6 rings (SSSR count). The van der Waals surface area contributed by atoms with Crippen LogP contribution < -0.4 is 15.4 Å². The number of benzene rings is 4. The van der Waals surface area contributed by atoms with Crippen molar-refractivity contribution in [2.45, 2.75) is 0 Å². The molecule has 11 nitrogen and oxygen atoms in total. The summed E-state index contributed by atoms with van der Waals surface area (Å²) in [6, 6.07) is 27.1. The van der Waals surface area contributed by atoms with Gasteiger partial charge in [-0.25, -0.2) is 9.59 Å². The van der Waals surface area contributed by atoms with Crippen molar-refractivity contribution in [1.29, 1.82) is 0 Å². The summed E-state index contributed by atoms with van der Waals surface area (Å²) in [6.07, 6.45) is 0. The molecule has 4 aromatic rings. The number of fused-ring (bicyclic) bond motifs is 2. The van der Waals surface area contributed by atoms with Crippen LogP contribution in [0.2, 0.25) is 0 Å². The Morgan fingerprint density at radius 1 is 0.488 bits per heavy atom. The number of imide groups is 2. The lowest BCUT2D eigenvalue weighted by Gasteiger charge is -2.03. The molecule has 204 valence electrons. The molecule has 0 saturated carbocycles. The highest BCUT2D eigenvalue weighted by atomic mass is 16.5. The topological polar surface area (TPSA) is 176 Å². The van der Waals surface area contributed by atoms with Gasteiger partial charge in [0.15, 0.2) is 0 Å². The van der Waals surface area contributed by atoms with E-state index in [4.69, 9.17) is 14.9 Å². The summed E-state index contributed by atoms with van der Waals surface area (Å²) in [5.41, 5.74) is 0.673. The highest BCUT2D eigenvalue weighted by Gasteiger charge is 2.28. The molecule has 0 aromatic heterocycles. The first-order valence-electron chi connectivity index (χ1n) is 11.9. The number of carbonyl (C=O) groups is 6. The average molecular weight is 552 g/mol. The second-order valence-corrected chi connectivity index (χ2v) is 8.43. The first-order valence-corrected chi connectivity index (χ1v) is 11.9.